The number of hydrogen-bond acceptors (Lipinski definition) is 5. The monoisotopic (exact) mass is 497 g/mol. The van der Waals surface area contributed by atoms with E-state index in [1.54, 1.807) is 42.7 Å². The van der Waals surface area contributed by atoms with Crippen LogP contribution in [-0.4, -0.2) is 47.8 Å². The molecule has 0 saturated carbocycles. The zero-order valence-electron chi connectivity index (χ0n) is 19.0. The summed E-state index contributed by atoms with van der Waals surface area (Å²) < 4.78 is 19.3. The van der Waals surface area contributed by atoms with E-state index in [9.17, 15) is 9.18 Å². The molecule has 1 amide bonds. The highest BCUT2D eigenvalue weighted by atomic mass is 35.5. The highest BCUT2D eigenvalue weighted by molar-refractivity contribution is 6.30. The topological polar surface area (TPSA) is 128 Å². The van der Waals surface area contributed by atoms with Gasteiger partial charge in [0.25, 0.3) is 5.91 Å². The maximum Gasteiger partial charge on any atom is 0.268 e. The van der Waals surface area contributed by atoms with Gasteiger partial charge < -0.3 is 20.4 Å². The van der Waals surface area contributed by atoms with Crippen molar-refractivity contribution in [2.45, 2.75) is 31.6 Å². The number of aromatic nitrogens is 2. The zero-order valence-corrected chi connectivity index (χ0v) is 19.8. The van der Waals surface area contributed by atoms with Gasteiger partial charge in [0.2, 0.25) is 0 Å². The number of amides is 1. The van der Waals surface area contributed by atoms with Gasteiger partial charge in [0.15, 0.2) is 0 Å². The molecule has 1 aliphatic rings. The Hall–Kier alpha value is -3.59. The number of halogens is 2. The largest absolute Gasteiger partial charge is 0.378 e. The number of benzene rings is 1. The van der Waals surface area contributed by atoms with Crippen molar-refractivity contribution in [3.63, 3.8) is 0 Å². The quantitative estimate of drug-likeness (QED) is 0.220. The van der Waals surface area contributed by atoms with E-state index in [0.717, 1.165) is 22.3 Å². The molecule has 3 N–H and O–H groups in total. The Bertz CT molecular complexity index is 1240. The predicted octanol–water partition coefficient (Wildman–Crippen LogP) is 5.36. The number of nitrogens with one attached hydrogen (secondary N) is 3. The molecule has 1 saturated heterocycles. The third-order valence-corrected chi connectivity index (χ3v) is 6.08. The molecule has 11 heteroatoms. The number of aryl methyl sites for hydroxylation is 1. The maximum absolute atomic E-state index is 14.2. The second kappa shape index (κ2) is 11.2. The summed E-state index contributed by atoms with van der Waals surface area (Å²) in [5.74, 6) is 0.199. The molecule has 2 aromatic heterocycles. The van der Waals surface area contributed by atoms with E-state index in [2.05, 4.69) is 30.6 Å². The van der Waals surface area contributed by atoms with Crippen molar-refractivity contribution >= 4 is 23.3 Å². The summed E-state index contributed by atoms with van der Waals surface area (Å²) in [6, 6.07) is 9.69. The first-order chi connectivity index (χ1) is 16.9. The average Bonchev–Trinajstić information content (AvgIpc) is 3.34. The Kier molecular flexibility index (Phi) is 7.87. The van der Waals surface area contributed by atoms with Gasteiger partial charge in [-0.1, -0.05) is 28.8 Å². The van der Waals surface area contributed by atoms with Gasteiger partial charge in [-0.3, -0.25) is 4.79 Å². The van der Waals surface area contributed by atoms with Gasteiger partial charge in [0, 0.05) is 34.5 Å². The van der Waals surface area contributed by atoms with Crippen molar-refractivity contribution in [1.29, 1.82) is 0 Å². The molecular formula is C24H25ClFN7O2. The van der Waals surface area contributed by atoms with Crippen molar-refractivity contribution < 1.29 is 13.9 Å². The summed E-state index contributed by atoms with van der Waals surface area (Å²) in [4.78, 5) is 23.2. The first-order valence-electron chi connectivity index (χ1n) is 11.2. The van der Waals surface area contributed by atoms with Crippen LogP contribution in [0, 0.1) is 6.92 Å². The van der Waals surface area contributed by atoms with E-state index in [1.165, 1.54) is 0 Å². The molecule has 1 fully saturated rings. The van der Waals surface area contributed by atoms with Gasteiger partial charge in [0.05, 0.1) is 25.2 Å². The van der Waals surface area contributed by atoms with Crippen LogP contribution in [0.15, 0.2) is 53.9 Å². The van der Waals surface area contributed by atoms with Crippen LogP contribution in [0.2, 0.25) is 5.02 Å². The molecule has 3 atom stereocenters. The Balaban J connectivity index is 1.51. The number of carbonyl (C=O) groups excluding carboxylic acids is 1. The van der Waals surface area contributed by atoms with Crippen LogP contribution in [0.25, 0.3) is 21.6 Å². The molecule has 1 aliphatic heterocycles. The number of pyridine rings is 1. The minimum atomic E-state index is -1.10. The lowest BCUT2D eigenvalue weighted by Crippen LogP contribution is -2.39. The molecule has 3 aromatic rings. The number of azide groups is 1. The third kappa shape index (κ3) is 6.10. The zero-order chi connectivity index (χ0) is 24.8. The lowest BCUT2D eigenvalue weighted by Gasteiger charge is -2.27. The SMILES string of the molecule is Cc1cnc(N[C@H]2CCOC[C@H]2F)cc1-c1c[nH]c(C(=O)N[C@H](CN=[N+]=[N-])c2cccc(Cl)c2)c1. The fourth-order valence-corrected chi connectivity index (χ4v) is 4.16. The average molecular weight is 498 g/mol. The first-order valence-corrected chi connectivity index (χ1v) is 11.5. The van der Waals surface area contributed by atoms with E-state index in [0.29, 0.717) is 29.6 Å². The van der Waals surface area contributed by atoms with Gasteiger partial charge in [0.1, 0.15) is 17.7 Å². The molecule has 0 aliphatic carbocycles. The Labute approximate surface area is 206 Å². The molecule has 182 valence electrons. The van der Waals surface area contributed by atoms with E-state index < -0.39 is 12.2 Å². The molecule has 0 radical (unpaired) electrons. The third-order valence-electron chi connectivity index (χ3n) is 5.85. The summed E-state index contributed by atoms with van der Waals surface area (Å²) in [6.45, 7) is 2.53. The minimum absolute atomic E-state index is 0.0381. The Morgan fingerprint density at radius 1 is 1.43 bits per heavy atom. The van der Waals surface area contributed by atoms with Crippen molar-refractivity contribution in [2.75, 3.05) is 25.1 Å². The van der Waals surface area contributed by atoms with Crippen LogP contribution in [0.5, 0.6) is 0 Å². The molecular weight excluding hydrogens is 473 g/mol. The van der Waals surface area contributed by atoms with E-state index in [1.807, 2.05) is 13.0 Å². The number of alkyl halides is 1. The molecule has 9 nitrogen and oxygen atoms in total. The Morgan fingerprint density at radius 3 is 3.06 bits per heavy atom. The predicted molar refractivity (Wildman–Crippen MR) is 132 cm³/mol. The Morgan fingerprint density at radius 2 is 2.29 bits per heavy atom. The van der Waals surface area contributed by atoms with E-state index >= 15 is 0 Å². The van der Waals surface area contributed by atoms with Crippen LogP contribution in [0.3, 0.4) is 0 Å². The first kappa shape index (κ1) is 24.5. The fourth-order valence-electron chi connectivity index (χ4n) is 3.96. The molecule has 0 bridgehead atoms. The number of carbonyl (C=O) groups is 1. The number of anilines is 1. The number of rotatable bonds is 8. The van der Waals surface area contributed by atoms with Gasteiger partial charge in [-0.2, -0.15) is 0 Å². The van der Waals surface area contributed by atoms with Gasteiger partial charge in [-0.15, -0.1) is 0 Å². The number of nitrogens with zero attached hydrogens (tertiary/aromatic N) is 4. The normalized spacial score (nSPS) is 18.4. The molecule has 0 unspecified atom stereocenters. The van der Waals surface area contributed by atoms with Crippen molar-refractivity contribution in [1.82, 2.24) is 15.3 Å². The molecule has 4 rings (SSSR count). The standard InChI is InChI=1S/C24H25ClFN7O2/c1-14-10-29-23(31-20-5-6-35-13-19(20)26)9-18(14)16-8-21(28-11-16)24(34)32-22(12-30-33-27)15-3-2-4-17(25)7-15/h2-4,7-11,19-20,22,28H,5-6,12-13H2,1H3,(H,29,31)(H,32,34)/t19-,20+,22-/m1/s1. The fraction of sp³-hybridized carbons (Fsp3) is 0.333. The van der Waals surface area contributed by atoms with Crippen molar-refractivity contribution in [2.24, 2.45) is 5.11 Å². The van der Waals surface area contributed by atoms with Crippen LogP contribution < -0.4 is 10.6 Å². The molecule has 0 spiro atoms. The number of aromatic amines is 1. The van der Waals surface area contributed by atoms with Gasteiger partial charge in [-0.05, 0) is 59.8 Å². The van der Waals surface area contributed by atoms with E-state index in [-0.39, 0.29) is 25.1 Å². The summed E-state index contributed by atoms with van der Waals surface area (Å²) in [6.07, 6.45) is 2.90. The maximum atomic E-state index is 14.2. The van der Waals surface area contributed by atoms with Crippen molar-refractivity contribution in [3.05, 3.63) is 81.1 Å². The summed E-state index contributed by atoms with van der Waals surface area (Å²) in [5, 5.41) is 10.2. The van der Waals surface area contributed by atoms with Crippen LogP contribution in [0.1, 0.15) is 34.1 Å². The molecule has 35 heavy (non-hydrogen) atoms. The second-order valence-corrected chi connectivity index (χ2v) is 8.75. The van der Waals surface area contributed by atoms with Crippen molar-refractivity contribution in [3.8, 4) is 11.1 Å². The molecule has 1 aromatic carbocycles. The summed E-state index contributed by atoms with van der Waals surface area (Å²) in [7, 11) is 0. The highest BCUT2D eigenvalue weighted by Gasteiger charge is 2.26. The van der Waals surface area contributed by atoms with E-state index in [4.69, 9.17) is 21.9 Å². The van der Waals surface area contributed by atoms with Gasteiger partial charge in [-0.25, -0.2) is 9.37 Å². The second-order valence-electron chi connectivity index (χ2n) is 8.31. The van der Waals surface area contributed by atoms with Crippen LogP contribution in [-0.2, 0) is 4.74 Å². The number of H-pyrrole nitrogens is 1. The van der Waals surface area contributed by atoms with Crippen LogP contribution >= 0.6 is 11.6 Å². The number of hydrogen-bond donors (Lipinski definition) is 3. The minimum Gasteiger partial charge on any atom is -0.378 e. The number of ether oxygens (including phenoxy) is 1. The lowest BCUT2D eigenvalue weighted by molar-refractivity contribution is 0.0285. The highest BCUT2D eigenvalue weighted by Crippen LogP contribution is 2.28. The summed E-state index contributed by atoms with van der Waals surface area (Å²) in [5.41, 5.74) is 12.4. The smallest absolute Gasteiger partial charge is 0.268 e. The van der Waals surface area contributed by atoms with Gasteiger partial charge >= 0.3 is 0 Å². The summed E-state index contributed by atoms with van der Waals surface area (Å²) >= 11 is 6.09. The van der Waals surface area contributed by atoms with Crippen LogP contribution in [0.4, 0.5) is 10.2 Å². The molecule has 3 heterocycles. The lowest BCUT2D eigenvalue weighted by atomic mass is 10.0.